The van der Waals surface area contributed by atoms with E-state index in [1.807, 2.05) is 84.9 Å². The summed E-state index contributed by atoms with van der Waals surface area (Å²) >= 11 is 0. The van der Waals surface area contributed by atoms with Crippen molar-refractivity contribution in [1.82, 2.24) is 0 Å². The van der Waals surface area contributed by atoms with Crippen molar-refractivity contribution in [3.63, 3.8) is 0 Å². The van der Waals surface area contributed by atoms with Gasteiger partial charge in [-0.25, -0.2) is 0 Å². The molecule has 0 saturated heterocycles. The second-order valence-electron chi connectivity index (χ2n) is 9.03. The Labute approximate surface area is 232 Å². The van der Waals surface area contributed by atoms with Crippen molar-refractivity contribution in [2.45, 2.75) is 38.6 Å². The summed E-state index contributed by atoms with van der Waals surface area (Å²) in [5, 5.41) is 10.8. The molecule has 1 unspecified atom stereocenters. The number of hydrogen-bond donors (Lipinski definition) is 1. The molecule has 3 rings (SSSR count). The molecular formula is C33H40O6. The summed E-state index contributed by atoms with van der Waals surface area (Å²) in [4.78, 5) is 0. The molecular weight excluding hydrogens is 492 g/mol. The first-order valence-electron chi connectivity index (χ1n) is 13.2. The summed E-state index contributed by atoms with van der Waals surface area (Å²) in [5.74, 6) is 2.19. The average Bonchev–Trinajstić information content (AvgIpc) is 2.99. The van der Waals surface area contributed by atoms with E-state index in [1.54, 1.807) is 21.3 Å². The van der Waals surface area contributed by atoms with Crippen molar-refractivity contribution in [3.05, 3.63) is 119 Å². The van der Waals surface area contributed by atoms with Crippen LogP contribution in [0.3, 0.4) is 0 Å². The molecule has 0 heterocycles. The Kier molecular flexibility index (Phi) is 13.1. The number of hydrogen-bond acceptors (Lipinski definition) is 6. The predicted octanol–water partition coefficient (Wildman–Crippen LogP) is 6.80. The van der Waals surface area contributed by atoms with Crippen LogP contribution in [-0.4, -0.2) is 39.6 Å². The summed E-state index contributed by atoms with van der Waals surface area (Å²) in [6.45, 7) is 2.28. The molecule has 0 aliphatic carbocycles. The van der Waals surface area contributed by atoms with Crippen LogP contribution >= 0.6 is 0 Å². The number of ether oxygens (including phenoxy) is 5. The number of rotatable bonds is 17. The van der Waals surface area contributed by atoms with Gasteiger partial charge in [0.1, 0.15) is 23.4 Å². The lowest BCUT2D eigenvalue weighted by atomic mass is 10.0. The molecule has 6 heteroatoms. The van der Waals surface area contributed by atoms with Gasteiger partial charge in [-0.3, -0.25) is 0 Å². The highest BCUT2D eigenvalue weighted by atomic mass is 16.5. The smallest absolute Gasteiger partial charge is 0.136 e. The Balaban J connectivity index is 1.55. The Morgan fingerprint density at radius 1 is 0.718 bits per heavy atom. The lowest BCUT2D eigenvalue weighted by Gasteiger charge is -2.15. The normalized spacial score (nSPS) is 12.7. The first-order valence-corrected chi connectivity index (χ1v) is 13.2. The summed E-state index contributed by atoms with van der Waals surface area (Å²) in [5.41, 5.74) is 4.20. The average molecular weight is 533 g/mol. The van der Waals surface area contributed by atoms with Gasteiger partial charge in [0, 0.05) is 0 Å². The van der Waals surface area contributed by atoms with Crippen LogP contribution in [0.25, 0.3) is 0 Å². The van der Waals surface area contributed by atoms with Gasteiger partial charge in [0.05, 0.1) is 47.8 Å². The van der Waals surface area contributed by atoms with Gasteiger partial charge in [-0.1, -0.05) is 66.2 Å². The number of aliphatic hydroxyl groups is 1. The second-order valence-corrected chi connectivity index (χ2v) is 9.03. The van der Waals surface area contributed by atoms with E-state index in [-0.39, 0.29) is 0 Å². The van der Waals surface area contributed by atoms with E-state index in [0.29, 0.717) is 38.6 Å². The molecule has 0 bridgehead atoms. The van der Waals surface area contributed by atoms with E-state index < -0.39 is 6.10 Å². The molecule has 3 aromatic rings. The molecule has 0 amide bonds. The molecule has 0 radical (unpaired) electrons. The number of aliphatic hydroxyl groups excluding tert-OH is 1. The number of methoxy groups -OCH3 is 3. The monoisotopic (exact) mass is 532 g/mol. The van der Waals surface area contributed by atoms with Crippen molar-refractivity contribution in [2.24, 2.45) is 0 Å². The van der Waals surface area contributed by atoms with Crippen molar-refractivity contribution in [2.75, 3.05) is 34.5 Å². The molecule has 6 nitrogen and oxygen atoms in total. The van der Waals surface area contributed by atoms with Crippen LogP contribution in [0.5, 0.6) is 11.5 Å². The maximum atomic E-state index is 10.8. The summed E-state index contributed by atoms with van der Waals surface area (Å²) < 4.78 is 27.8. The minimum absolute atomic E-state index is 0.530. The lowest BCUT2D eigenvalue weighted by Crippen LogP contribution is -2.04. The van der Waals surface area contributed by atoms with Gasteiger partial charge in [0.25, 0.3) is 0 Å². The maximum Gasteiger partial charge on any atom is 0.136 e. The molecule has 1 N–H and O–H groups in total. The van der Waals surface area contributed by atoms with E-state index in [2.05, 4.69) is 6.08 Å². The number of benzene rings is 3. The minimum atomic E-state index is -0.809. The SMILES string of the molecule is CO/C(=C\C/C(=C\CCOCc1ccc(OC)cc1)CCOCc1ccc(OC)cc1)C(O)c1ccccc1. The van der Waals surface area contributed by atoms with Crippen LogP contribution < -0.4 is 9.47 Å². The molecule has 3 aromatic carbocycles. The van der Waals surface area contributed by atoms with E-state index in [9.17, 15) is 5.11 Å². The van der Waals surface area contributed by atoms with E-state index in [4.69, 9.17) is 23.7 Å². The molecule has 0 saturated carbocycles. The van der Waals surface area contributed by atoms with Crippen LogP contribution in [0.2, 0.25) is 0 Å². The quantitative estimate of drug-likeness (QED) is 0.117. The molecule has 0 aromatic heterocycles. The summed E-state index contributed by atoms with van der Waals surface area (Å²) in [6.07, 6.45) is 5.54. The zero-order valence-corrected chi connectivity index (χ0v) is 23.2. The first-order chi connectivity index (χ1) is 19.1. The summed E-state index contributed by atoms with van der Waals surface area (Å²) in [7, 11) is 4.91. The standard InChI is InChI=1S/C33H40O6/c1-35-30-16-11-27(12-17-30)24-38-22-7-8-26(21-23-39-25-28-13-18-31(36-2)19-14-28)15-20-32(37-3)33(34)29-9-5-4-6-10-29/h4-6,8-14,16-20,33-34H,7,15,21-25H2,1-3H3/b26-8+,32-20-. The molecule has 1 atom stereocenters. The zero-order chi connectivity index (χ0) is 27.7. The van der Waals surface area contributed by atoms with Gasteiger partial charge < -0.3 is 28.8 Å². The highest BCUT2D eigenvalue weighted by Gasteiger charge is 2.13. The Bertz CT molecular complexity index is 1140. The first kappa shape index (κ1) is 30.0. The molecule has 0 aliphatic rings. The summed E-state index contributed by atoms with van der Waals surface area (Å²) in [6, 6.07) is 25.3. The second kappa shape index (κ2) is 17.1. The van der Waals surface area contributed by atoms with Crippen molar-refractivity contribution in [3.8, 4) is 11.5 Å². The van der Waals surface area contributed by atoms with Crippen LogP contribution in [-0.2, 0) is 27.4 Å². The van der Waals surface area contributed by atoms with Crippen LogP contribution in [0.15, 0.2) is 102 Å². The zero-order valence-electron chi connectivity index (χ0n) is 23.2. The third-order valence-corrected chi connectivity index (χ3v) is 6.30. The Morgan fingerprint density at radius 3 is 1.82 bits per heavy atom. The highest BCUT2D eigenvalue weighted by molar-refractivity contribution is 5.28. The number of allylic oxidation sites excluding steroid dienone is 1. The van der Waals surface area contributed by atoms with Gasteiger partial charge >= 0.3 is 0 Å². The van der Waals surface area contributed by atoms with Gasteiger partial charge in [-0.2, -0.15) is 0 Å². The molecule has 0 fully saturated rings. The minimum Gasteiger partial charge on any atom is -0.498 e. The van der Waals surface area contributed by atoms with Gasteiger partial charge in [0.15, 0.2) is 0 Å². The largest absolute Gasteiger partial charge is 0.498 e. The fraction of sp³-hybridized carbons (Fsp3) is 0.333. The maximum absolute atomic E-state index is 10.8. The molecule has 39 heavy (non-hydrogen) atoms. The fourth-order valence-electron chi connectivity index (χ4n) is 4.00. The van der Waals surface area contributed by atoms with E-state index >= 15 is 0 Å². The van der Waals surface area contributed by atoms with Crippen LogP contribution in [0.1, 0.15) is 42.1 Å². The van der Waals surface area contributed by atoms with Crippen molar-refractivity contribution >= 4 is 0 Å². The van der Waals surface area contributed by atoms with Crippen molar-refractivity contribution in [1.29, 1.82) is 0 Å². The molecule has 0 spiro atoms. The fourth-order valence-corrected chi connectivity index (χ4v) is 4.00. The third kappa shape index (κ3) is 10.6. The van der Waals surface area contributed by atoms with Crippen LogP contribution in [0.4, 0.5) is 0 Å². The van der Waals surface area contributed by atoms with Gasteiger partial charge in [0.2, 0.25) is 0 Å². The predicted molar refractivity (Wildman–Crippen MR) is 154 cm³/mol. The van der Waals surface area contributed by atoms with E-state index in [1.165, 1.54) is 5.57 Å². The highest BCUT2D eigenvalue weighted by Crippen LogP contribution is 2.24. The van der Waals surface area contributed by atoms with Crippen LogP contribution in [0, 0.1) is 0 Å². The molecule has 0 aliphatic heterocycles. The Morgan fingerprint density at radius 2 is 1.28 bits per heavy atom. The van der Waals surface area contributed by atoms with Gasteiger partial charge in [-0.15, -0.1) is 0 Å². The molecule has 208 valence electrons. The topological polar surface area (TPSA) is 66.4 Å². The van der Waals surface area contributed by atoms with E-state index in [0.717, 1.165) is 41.0 Å². The third-order valence-electron chi connectivity index (χ3n) is 6.30. The lowest BCUT2D eigenvalue weighted by molar-refractivity contribution is 0.121. The Hall–Kier alpha value is -3.58. The van der Waals surface area contributed by atoms with Crippen molar-refractivity contribution < 1.29 is 28.8 Å². The van der Waals surface area contributed by atoms with Gasteiger partial charge in [-0.05, 0) is 66.3 Å².